The third-order valence-electron chi connectivity index (χ3n) is 2.27. The van der Waals surface area contributed by atoms with E-state index in [1.54, 1.807) is 0 Å². The Hall–Kier alpha value is -1.20. The lowest BCUT2D eigenvalue weighted by atomic mass is 10.3. The lowest BCUT2D eigenvalue weighted by molar-refractivity contribution is -0.131. The van der Waals surface area contributed by atoms with E-state index in [0.29, 0.717) is 0 Å². The Morgan fingerprint density at radius 1 is 0.727 bits per heavy atom. The Bertz CT molecular complexity index is 607. The summed E-state index contributed by atoms with van der Waals surface area (Å²) in [5.74, 6) is -2.02. The third-order valence-corrected chi connectivity index (χ3v) is 3.91. The number of benzene rings is 1. The SMILES string of the molecule is C=C(C)C(=O)Oc1c(Cl)c(Cl)c(OC(=O)C(=C)C)c(Cl)c1Cl. The van der Waals surface area contributed by atoms with Gasteiger partial charge >= 0.3 is 11.9 Å². The first-order valence-electron chi connectivity index (χ1n) is 5.69. The van der Waals surface area contributed by atoms with Gasteiger partial charge in [-0.15, -0.1) is 0 Å². The van der Waals surface area contributed by atoms with Gasteiger partial charge in [-0.05, 0) is 13.8 Å². The number of halogens is 4. The Morgan fingerprint density at radius 3 is 1.14 bits per heavy atom. The van der Waals surface area contributed by atoms with Crippen LogP contribution in [0.5, 0.6) is 11.5 Å². The molecule has 0 aliphatic carbocycles. The summed E-state index contributed by atoms with van der Waals surface area (Å²) in [6.07, 6.45) is 0. The maximum atomic E-state index is 11.6. The lowest BCUT2D eigenvalue weighted by Gasteiger charge is -2.15. The molecule has 0 radical (unpaired) electrons. The van der Waals surface area contributed by atoms with Gasteiger partial charge in [0.1, 0.15) is 20.1 Å². The van der Waals surface area contributed by atoms with E-state index in [-0.39, 0.29) is 42.7 Å². The molecule has 0 saturated heterocycles. The second-order valence-corrected chi connectivity index (χ2v) is 5.77. The van der Waals surface area contributed by atoms with Crippen LogP contribution in [-0.4, -0.2) is 11.9 Å². The highest BCUT2D eigenvalue weighted by Gasteiger charge is 2.26. The predicted molar refractivity (Wildman–Crippen MR) is 87.4 cm³/mol. The second kappa shape index (κ2) is 7.38. The molecule has 4 nitrogen and oxygen atoms in total. The Labute approximate surface area is 147 Å². The van der Waals surface area contributed by atoms with Crippen LogP contribution in [0.1, 0.15) is 13.8 Å². The summed E-state index contributed by atoms with van der Waals surface area (Å²) in [7, 11) is 0. The summed E-state index contributed by atoms with van der Waals surface area (Å²) >= 11 is 24.0. The van der Waals surface area contributed by atoms with E-state index < -0.39 is 11.9 Å². The van der Waals surface area contributed by atoms with Gasteiger partial charge in [-0.25, -0.2) is 9.59 Å². The second-order valence-electron chi connectivity index (χ2n) is 4.25. The zero-order valence-electron chi connectivity index (χ0n) is 11.6. The van der Waals surface area contributed by atoms with Crippen LogP contribution in [0, 0.1) is 0 Å². The number of hydrogen-bond acceptors (Lipinski definition) is 4. The molecule has 0 saturated carbocycles. The van der Waals surface area contributed by atoms with Crippen LogP contribution < -0.4 is 9.47 Å². The van der Waals surface area contributed by atoms with Gasteiger partial charge < -0.3 is 9.47 Å². The molecule has 0 amide bonds. The molecule has 0 aliphatic heterocycles. The number of carbonyl (C=O) groups excluding carboxylic acids is 2. The predicted octanol–water partition coefficient (Wildman–Crippen LogP) is 5.26. The van der Waals surface area contributed by atoms with Crippen LogP contribution in [0.3, 0.4) is 0 Å². The molecule has 1 rings (SSSR count). The van der Waals surface area contributed by atoms with Gasteiger partial charge in [-0.1, -0.05) is 59.6 Å². The zero-order chi connectivity index (χ0) is 17.2. The summed E-state index contributed by atoms with van der Waals surface area (Å²) in [6, 6.07) is 0. The molecule has 0 bridgehead atoms. The quantitative estimate of drug-likeness (QED) is 0.308. The first kappa shape index (κ1) is 18.8. The lowest BCUT2D eigenvalue weighted by Crippen LogP contribution is -2.11. The molecule has 0 unspecified atom stereocenters. The summed E-state index contributed by atoms with van der Waals surface area (Å²) < 4.78 is 9.95. The molecular formula is C14H10Cl4O4. The molecule has 0 N–H and O–H groups in total. The minimum Gasteiger partial charge on any atom is -0.420 e. The normalized spacial score (nSPS) is 10.1. The highest BCUT2D eigenvalue weighted by molar-refractivity contribution is 6.50. The molecule has 0 fully saturated rings. The third kappa shape index (κ3) is 3.96. The Balaban J connectivity index is 3.38. The molecule has 22 heavy (non-hydrogen) atoms. The van der Waals surface area contributed by atoms with Gasteiger partial charge in [0.15, 0.2) is 11.5 Å². The fraction of sp³-hybridized carbons (Fsp3) is 0.143. The average molecular weight is 384 g/mol. The van der Waals surface area contributed by atoms with Gasteiger partial charge in [-0.2, -0.15) is 0 Å². The van der Waals surface area contributed by atoms with E-state index >= 15 is 0 Å². The minimum atomic E-state index is -0.761. The summed E-state index contributed by atoms with van der Waals surface area (Å²) in [5, 5.41) is -0.907. The molecule has 0 heterocycles. The molecule has 0 atom stereocenters. The van der Waals surface area contributed by atoms with Crippen molar-refractivity contribution in [1.82, 2.24) is 0 Å². The zero-order valence-corrected chi connectivity index (χ0v) is 14.6. The van der Waals surface area contributed by atoms with Gasteiger partial charge in [0.2, 0.25) is 0 Å². The maximum Gasteiger partial charge on any atom is 0.338 e. The number of ether oxygens (including phenoxy) is 2. The number of esters is 2. The van der Waals surface area contributed by atoms with Gasteiger partial charge in [-0.3, -0.25) is 0 Å². The van der Waals surface area contributed by atoms with Crippen molar-refractivity contribution in [3.63, 3.8) is 0 Å². The monoisotopic (exact) mass is 382 g/mol. The molecule has 0 aliphatic rings. The molecule has 0 aromatic heterocycles. The topological polar surface area (TPSA) is 52.6 Å². The van der Waals surface area contributed by atoms with Crippen molar-refractivity contribution in [3.8, 4) is 11.5 Å². The van der Waals surface area contributed by atoms with Crippen molar-refractivity contribution in [1.29, 1.82) is 0 Å². The molecular weight excluding hydrogens is 374 g/mol. The smallest absolute Gasteiger partial charge is 0.338 e. The first-order chi connectivity index (χ1) is 10.1. The van der Waals surface area contributed by atoms with E-state index in [2.05, 4.69) is 13.2 Å². The number of carbonyl (C=O) groups is 2. The summed E-state index contributed by atoms with van der Waals surface area (Å²) in [5.41, 5.74) is 0.245. The van der Waals surface area contributed by atoms with E-state index in [1.165, 1.54) is 13.8 Å². The maximum absolute atomic E-state index is 11.6. The fourth-order valence-electron chi connectivity index (χ4n) is 1.13. The highest BCUT2D eigenvalue weighted by atomic mass is 35.5. The van der Waals surface area contributed by atoms with Crippen molar-refractivity contribution >= 4 is 58.3 Å². The Kier molecular flexibility index (Phi) is 6.32. The van der Waals surface area contributed by atoms with Crippen molar-refractivity contribution in [2.45, 2.75) is 13.8 Å². The van der Waals surface area contributed by atoms with Gasteiger partial charge in [0.25, 0.3) is 0 Å². The molecule has 118 valence electrons. The highest BCUT2D eigenvalue weighted by Crippen LogP contribution is 2.50. The molecule has 1 aromatic rings. The summed E-state index contributed by atoms with van der Waals surface area (Å²) in [6.45, 7) is 9.73. The van der Waals surface area contributed by atoms with E-state index in [4.69, 9.17) is 55.9 Å². The molecule has 8 heteroatoms. The van der Waals surface area contributed by atoms with Gasteiger partial charge in [0, 0.05) is 11.1 Å². The van der Waals surface area contributed by atoms with Crippen LogP contribution in [0.15, 0.2) is 24.3 Å². The summed E-state index contributed by atoms with van der Waals surface area (Å²) in [4.78, 5) is 23.1. The van der Waals surface area contributed by atoms with Gasteiger partial charge in [0.05, 0.1) is 0 Å². The fourth-order valence-corrected chi connectivity index (χ4v) is 2.10. The number of rotatable bonds is 4. The van der Waals surface area contributed by atoms with Crippen LogP contribution in [0.25, 0.3) is 0 Å². The van der Waals surface area contributed by atoms with E-state index in [9.17, 15) is 9.59 Å². The largest absolute Gasteiger partial charge is 0.420 e. The van der Waals surface area contributed by atoms with Crippen LogP contribution in [0.2, 0.25) is 20.1 Å². The van der Waals surface area contributed by atoms with E-state index in [1.807, 2.05) is 0 Å². The van der Waals surface area contributed by atoms with E-state index in [0.717, 1.165) is 0 Å². The van der Waals surface area contributed by atoms with Crippen LogP contribution in [0.4, 0.5) is 0 Å². The Morgan fingerprint density at radius 2 is 0.955 bits per heavy atom. The standard InChI is InChI=1S/C14H10Cl4O4/c1-5(2)13(19)21-11-7(15)9(17)12(10(18)8(11)16)22-14(20)6(3)4/h1,3H2,2,4H3. The molecule has 0 spiro atoms. The molecule has 1 aromatic carbocycles. The van der Waals surface area contributed by atoms with Crippen molar-refractivity contribution < 1.29 is 19.1 Å². The van der Waals surface area contributed by atoms with Crippen molar-refractivity contribution in [2.75, 3.05) is 0 Å². The van der Waals surface area contributed by atoms with Crippen molar-refractivity contribution in [2.24, 2.45) is 0 Å². The minimum absolute atomic E-state index is 0.122. The van der Waals surface area contributed by atoms with Crippen LogP contribution >= 0.6 is 46.4 Å². The van der Waals surface area contributed by atoms with Crippen LogP contribution in [-0.2, 0) is 9.59 Å². The number of hydrogen-bond donors (Lipinski definition) is 0. The van der Waals surface area contributed by atoms with Crippen molar-refractivity contribution in [3.05, 3.63) is 44.4 Å². The average Bonchev–Trinajstić information content (AvgIpc) is 2.45. The first-order valence-corrected chi connectivity index (χ1v) is 7.20.